The number of fused-ring (bicyclic) bond motifs is 3. The van der Waals surface area contributed by atoms with Crippen molar-refractivity contribution in [1.82, 2.24) is 0 Å². The van der Waals surface area contributed by atoms with E-state index < -0.39 is 72.7 Å². The van der Waals surface area contributed by atoms with Gasteiger partial charge >= 0.3 is 0 Å². The van der Waals surface area contributed by atoms with E-state index >= 15 is 0 Å². The minimum absolute atomic E-state index is 0.0966. The highest BCUT2D eigenvalue weighted by Crippen LogP contribution is 2.81. The first-order valence-corrected chi connectivity index (χ1v) is 10.5. The van der Waals surface area contributed by atoms with E-state index in [2.05, 4.69) is 0 Å². The van der Waals surface area contributed by atoms with E-state index in [1.54, 1.807) is 13.8 Å². The number of hydrogen-bond acceptors (Lipinski definition) is 10. The van der Waals surface area contributed by atoms with Crippen LogP contribution in [0, 0.1) is 23.2 Å². The maximum atomic E-state index is 11.1. The van der Waals surface area contributed by atoms with Crippen LogP contribution in [0.3, 0.4) is 0 Å². The average Bonchev–Trinajstić information content (AvgIpc) is 3.05. The third-order valence-electron chi connectivity index (χ3n) is 7.90. The Labute approximate surface area is 173 Å². The second kappa shape index (κ2) is 6.67. The van der Waals surface area contributed by atoms with Crippen LogP contribution in [-0.4, -0.2) is 104 Å². The molecule has 0 radical (unpaired) electrons. The highest BCUT2D eigenvalue weighted by Gasteiger charge is 2.82. The van der Waals surface area contributed by atoms with Crippen molar-refractivity contribution in [3.05, 3.63) is 11.1 Å². The van der Waals surface area contributed by atoms with Crippen molar-refractivity contribution in [2.45, 2.75) is 75.1 Å². The van der Waals surface area contributed by atoms with Crippen molar-refractivity contribution >= 4 is 0 Å². The molecule has 2 saturated heterocycles. The highest BCUT2D eigenvalue weighted by molar-refractivity contribution is 5.56. The summed E-state index contributed by atoms with van der Waals surface area (Å²) in [5.74, 6) is -0.505. The fourth-order valence-corrected chi connectivity index (χ4v) is 6.49. The van der Waals surface area contributed by atoms with Crippen LogP contribution >= 0.6 is 0 Å². The lowest BCUT2D eigenvalue weighted by atomic mass is 9.64. The maximum absolute atomic E-state index is 11.1. The molecule has 0 aromatic carbocycles. The molecule has 3 aliphatic carbocycles. The van der Waals surface area contributed by atoms with Crippen LogP contribution in [0.2, 0.25) is 0 Å². The molecule has 2 aliphatic heterocycles. The molecule has 5 aliphatic rings. The lowest BCUT2D eigenvalue weighted by Crippen LogP contribution is -2.59. The molecule has 0 amide bonds. The van der Waals surface area contributed by atoms with Gasteiger partial charge in [-0.25, -0.2) is 0 Å². The molecule has 2 saturated carbocycles. The predicted molar refractivity (Wildman–Crippen MR) is 97.4 cm³/mol. The Kier molecular flexibility index (Phi) is 4.72. The Bertz CT molecular complexity index is 746. The lowest BCUT2D eigenvalue weighted by Gasteiger charge is -2.46. The van der Waals surface area contributed by atoms with Gasteiger partial charge in [0.1, 0.15) is 24.4 Å². The van der Waals surface area contributed by atoms with Crippen molar-refractivity contribution in [3.8, 4) is 0 Å². The molecule has 5 rings (SSSR count). The monoisotopic (exact) mass is 430 g/mol. The van der Waals surface area contributed by atoms with E-state index in [0.29, 0.717) is 12.0 Å². The van der Waals surface area contributed by atoms with Crippen LogP contribution in [0.4, 0.5) is 0 Å². The van der Waals surface area contributed by atoms with Gasteiger partial charge in [-0.15, -0.1) is 0 Å². The molecule has 4 fully saturated rings. The van der Waals surface area contributed by atoms with Gasteiger partial charge in [-0.3, -0.25) is 0 Å². The summed E-state index contributed by atoms with van der Waals surface area (Å²) in [5.41, 5.74) is -0.131. The minimum Gasteiger partial charge on any atom is -0.394 e. The SMILES string of the molecule is CC(C)(O)[C@H]1C2=C3C4C[C@@H](COC5OC(CO)C(O)C(O)C5O)[C@]34[C@H](O)C1OC2O. The summed E-state index contributed by atoms with van der Waals surface area (Å²) in [6.07, 6.45) is -8.79. The van der Waals surface area contributed by atoms with Gasteiger partial charge in [0.25, 0.3) is 0 Å². The molecule has 10 heteroatoms. The summed E-state index contributed by atoms with van der Waals surface area (Å²) in [4.78, 5) is 0. The van der Waals surface area contributed by atoms with E-state index in [1.807, 2.05) is 0 Å². The van der Waals surface area contributed by atoms with Crippen molar-refractivity contribution in [1.29, 1.82) is 0 Å². The van der Waals surface area contributed by atoms with Gasteiger partial charge in [-0.1, -0.05) is 5.57 Å². The second-order valence-electron chi connectivity index (χ2n) is 9.85. The van der Waals surface area contributed by atoms with Crippen LogP contribution in [0.1, 0.15) is 20.3 Å². The molecule has 0 aromatic rings. The Morgan fingerprint density at radius 2 is 1.77 bits per heavy atom. The van der Waals surface area contributed by atoms with Crippen molar-refractivity contribution < 1.29 is 50.0 Å². The van der Waals surface area contributed by atoms with Crippen LogP contribution in [0.25, 0.3) is 0 Å². The lowest BCUT2D eigenvalue weighted by molar-refractivity contribution is -0.306. The summed E-state index contributed by atoms with van der Waals surface area (Å²) < 4.78 is 16.7. The molecule has 2 heterocycles. The zero-order valence-corrected chi connectivity index (χ0v) is 16.8. The largest absolute Gasteiger partial charge is 0.394 e. The Balaban J connectivity index is 1.33. The molecular weight excluding hydrogens is 400 g/mol. The Morgan fingerprint density at radius 1 is 1.07 bits per heavy atom. The summed E-state index contributed by atoms with van der Waals surface area (Å²) in [7, 11) is 0. The van der Waals surface area contributed by atoms with E-state index in [4.69, 9.17) is 14.2 Å². The number of ether oxygens (including phenoxy) is 3. The fraction of sp³-hybridized carbons (Fsp3) is 0.900. The molecule has 2 bridgehead atoms. The van der Waals surface area contributed by atoms with Crippen LogP contribution in [0.5, 0.6) is 0 Å². The molecular formula is C20H30O10. The first-order valence-electron chi connectivity index (χ1n) is 10.5. The number of rotatable bonds is 5. The second-order valence-corrected chi connectivity index (χ2v) is 9.85. The van der Waals surface area contributed by atoms with Crippen LogP contribution < -0.4 is 0 Å². The zero-order valence-electron chi connectivity index (χ0n) is 16.8. The molecule has 10 nitrogen and oxygen atoms in total. The van der Waals surface area contributed by atoms with Crippen LogP contribution in [-0.2, 0) is 14.2 Å². The van der Waals surface area contributed by atoms with Crippen molar-refractivity contribution in [2.24, 2.45) is 23.2 Å². The van der Waals surface area contributed by atoms with Crippen molar-refractivity contribution in [2.75, 3.05) is 13.2 Å². The molecule has 30 heavy (non-hydrogen) atoms. The smallest absolute Gasteiger partial charge is 0.186 e. The highest BCUT2D eigenvalue weighted by atomic mass is 16.7. The summed E-state index contributed by atoms with van der Waals surface area (Å²) in [6.45, 7) is 2.86. The van der Waals surface area contributed by atoms with E-state index in [-0.39, 0.29) is 18.4 Å². The standard InChI is InChI=1S/C20H30O10/c1-19(2,27)11-9-10-7-3-6(20(7,10)16(25)15(11)30-17(9)26)5-28-18-14(24)13(23)12(22)8(4-21)29-18/h6-8,11-18,21-27H,3-5H2,1-2H3/t6-,7?,8?,11-,12?,13?,14?,15?,16+,17?,18?,20+/m0/s1. The van der Waals surface area contributed by atoms with Gasteiger partial charge in [0.15, 0.2) is 12.6 Å². The molecule has 170 valence electrons. The first-order chi connectivity index (χ1) is 14.0. The average molecular weight is 430 g/mol. The third-order valence-corrected chi connectivity index (χ3v) is 7.90. The first kappa shape index (κ1) is 21.2. The minimum atomic E-state index is -1.51. The summed E-state index contributed by atoms with van der Waals surface area (Å²) in [6, 6.07) is 0. The van der Waals surface area contributed by atoms with E-state index in [1.165, 1.54) is 0 Å². The summed E-state index contributed by atoms with van der Waals surface area (Å²) in [5, 5.41) is 71.4. The molecule has 1 spiro atoms. The number of aliphatic hydroxyl groups is 7. The van der Waals surface area contributed by atoms with Gasteiger partial charge in [0, 0.05) is 11.3 Å². The third kappa shape index (κ3) is 2.54. The van der Waals surface area contributed by atoms with Crippen molar-refractivity contribution in [3.63, 3.8) is 0 Å². The molecule has 0 aromatic heterocycles. The normalized spacial score (nSPS) is 54.5. The fourth-order valence-electron chi connectivity index (χ4n) is 6.49. The number of hydrogen-bond donors (Lipinski definition) is 7. The molecule has 8 unspecified atom stereocenters. The Hall–Kier alpha value is -0.660. The topological polar surface area (TPSA) is 169 Å². The van der Waals surface area contributed by atoms with Gasteiger partial charge in [0.05, 0.1) is 31.0 Å². The quantitative estimate of drug-likeness (QED) is 0.226. The van der Waals surface area contributed by atoms with Gasteiger partial charge in [0.2, 0.25) is 0 Å². The van der Waals surface area contributed by atoms with Crippen LogP contribution in [0.15, 0.2) is 11.1 Å². The van der Waals surface area contributed by atoms with Gasteiger partial charge in [-0.2, -0.15) is 0 Å². The summed E-state index contributed by atoms with van der Waals surface area (Å²) >= 11 is 0. The maximum Gasteiger partial charge on any atom is 0.186 e. The number of aliphatic hydroxyl groups excluding tert-OH is 6. The van der Waals surface area contributed by atoms with Gasteiger partial charge < -0.3 is 50.0 Å². The van der Waals surface area contributed by atoms with Gasteiger partial charge in [-0.05, 0) is 37.7 Å². The molecule has 7 N–H and O–H groups in total. The Morgan fingerprint density at radius 3 is 2.40 bits per heavy atom. The molecule has 12 atom stereocenters. The van der Waals surface area contributed by atoms with E-state index in [0.717, 1.165) is 5.57 Å². The predicted octanol–water partition coefficient (Wildman–Crippen LogP) is -2.79. The van der Waals surface area contributed by atoms with E-state index in [9.17, 15) is 35.7 Å². The zero-order chi connectivity index (χ0) is 21.7.